The number of benzene rings is 1. The van der Waals surface area contributed by atoms with Crippen molar-refractivity contribution in [1.82, 2.24) is 9.71 Å². The first-order valence-electron chi connectivity index (χ1n) is 5.85. The van der Waals surface area contributed by atoms with E-state index in [0.29, 0.717) is 5.69 Å². The van der Waals surface area contributed by atoms with Crippen LogP contribution in [0.4, 0.5) is 0 Å². The van der Waals surface area contributed by atoms with Gasteiger partial charge >= 0.3 is 0 Å². The van der Waals surface area contributed by atoms with Gasteiger partial charge in [0.2, 0.25) is 10.0 Å². The summed E-state index contributed by atoms with van der Waals surface area (Å²) in [4.78, 5) is 2.83. The van der Waals surface area contributed by atoms with Crippen molar-refractivity contribution in [2.24, 2.45) is 0 Å². The second-order valence-corrected chi connectivity index (χ2v) is 6.04. The summed E-state index contributed by atoms with van der Waals surface area (Å²) in [6.07, 6.45) is 1.37. The van der Waals surface area contributed by atoms with E-state index in [2.05, 4.69) is 9.71 Å². The SMILES string of the molecule is Cc1ccccc1CNS(=O)(=O)c1c[nH]c(CO)c1. The minimum absolute atomic E-state index is 0.130. The monoisotopic (exact) mass is 280 g/mol. The predicted molar refractivity (Wildman–Crippen MR) is 71.9 cm³/mol. The Hall–Kier alpha value is -1.63. The van der Waals surface area contributed by atoms with Crippen LogP contribution in [0.1, 0.15) is 16.8 Å². The van der Waals surface area contributed by atoms with Crippen molar-refractivity contribution in [2.75, 3.05) is 0 Å². The highest BCUT2D eigenvalue weighted by atomic mass is 32.2. The Morgan fingerprint density at radius 2 is 2.05 bits per heavy atom. The van der Waals surface area contributed by atoms with Crippen molar-refractivity contribution >= 4 is 10.0 Å². The van der Waals surface area contributed by atoms with Gasteiger partial charge in [0.15, 0.2) is 0 Å². The number of aliphatic hydroxyl groups excluding tert-OH is 1. The van der Waals surface area contributed by atoms with Crippen LogP contribution in [0.3, 0.4) is 0 Å². The Labute approximate surface area is 112 Å². The lowest BCUT2D eigenvalue weighted by Gasteiger charge is -2.07. The molecule has 1 heterocycles. The smallest absolute Gasteiger partial charge is 0.242 e. The lowest BCUT2D eigenvalue weighted by atomic mass is 10.1. The number of aliphatic hydroxyl groups is 1. The Morgan fingerprint density at radius 1 is 1.32 bits per heavy atom. The topological polar surface area (TPSA) is 82.2 Å². The maximum Gasteiger partial charge on any atom is 0.242 e. The maximum atomic E-state index is 12.0. The van der Waals surface area contributed by atoms with E-state index in [0.717, 1.165) is 11.1 Å². The van der Waals surface area contributed by atoms with E-state index in [-0.39, 0.29) is 18.0 Å². The number of aromatic amines is 1. The zero-order valence-corrected chi connectivity index (χ0v) is 11.4. The van der Waals surface area contributed by atoms with Gasteiger partial charge in [-0.2, -0.15) is 0 Å². The molecule has 2 aromatic rings. The summed E-state index contributed by atoms with van der Waals surface area (Å²) in [5.74, 6) is 0. The zero-order valence-electron chi connectivity index (χ0n) is 10.6. The molecule has 0 atom stereocenters. The van der Waals surface area contributed by atoms with E-state index in [1.165, 1.54) is 12.3 Å². The van der Waals surface area contributed by atoms with Gasteiger partial charge in [-0.3, -0.25) is 0 Å². The van der Waals surface area contributed by atoms with E-state index in [9.17, 15) is 8.42 Å². The summed E-state index contributed by atoms with van der Waals surface area (Å²) in [7, 11) is -3.56. The zero-order chi connectivity index (χ0) is 13.9. The fourth-order valence-corrected chi connectivity index (χ4v) is 2.75. The van der Waals surface area contributed by atoms with Crippen molar-refractivity contribution in [2.45, 2.75) is 25.0 Å². The number of sulfonamides is 1. The Morgan fingerprint density at radius 3 is 2.68 bits per heavy atom. The highest BCUT2D eigenvalue weighted by Gasteiger charge is 2.15. The molecule has 19 heavy (non-hydrogen) atoms. The van der Waals surface area contributed by atoms with E-state index in [1.807, 2.05) is 31.2 Å². The van der Waals surface area contributed by atoms with Crippen LogP contribution in [0.25, 0.3) is 0 Å². The largest absolute Gasteiger partial charge is 0.390 e. The number of aryl methyl sites for hydroxylation is 1. The first-order chi connectivity index (χ1) is 9.03. The molecule has 102 valence electrons. The summed E-state index contributed by atoms with van der Waals surface area (Å²) >= 11 is 0. The number of nitrogens with one attached hydrogen (secondary N) is 2. The number of hydrogen-bond acceptors (Lipinski definition) is 3. The first kappa shape index (κ1) is 13.8. The molecule has 0 bridgehead atoms. The summed E-state index contributed by atoms with van der Waals surface area (Å²) in [5.41, 5.74) is 2.44. The van der Waals surface area contributed by atoms with Gasteiger partial charge in [0.1, 0.15) is 0 Å². The standard InChI is InChI=1S/C13H16N2O3S/c1-10-4-2-3-5-11(10)7-15-19(17,18)13-6-12(9-16)14-8-13/h2-6,8,14-16H,7,9H2,1H3. The van der Waals surface area contributed by atoms with Crippen LogP contribution in [0, 0.1) is 6.92 Å². The van der Waals surface area contributed by atoms with Crippen LogP contribution in [0.5, 0.6) is 0 Å². The van der Waals surface area contributed by atoms with Crippen LogP contribution in [0.2, 0.25) is 0 Å². The van der Waals surface area contributed by atoms with Crippen molar-refractivity contribution in [3.63, 3.8) is 0 Å². The van der Waals surface area contributed by atoms with Gasteiger partial charge in [0.05, 0.1) is 11.5 Å². The second-order valence-electron chi connectivity index (χ2n) is 4.27. The summed E-state index contributed by atoms with van der Waals surface area (Å²) < 4.78 is 26.6. The number of hydrogen-bond donors (Lipinski definition) is 3. The average Bonchev–Trinajstić information content (AvgIpc) is 2.87. The molecule has 0 radical (unpaired) electrons. The average molecular weight is 280 g/mol. The third-order valence-electron chi connectivity index (χ3n) is 2.91. The fraction of sp³-hybridized carbons (Fsp3) is 0.231. The highest BCUT2D eigenvalue weighted by Crippen LogP contribution is 2.12. The van der Waals surface area contributed by atoms with Gasteiger partial charge in [0.25, 0.3) is 0 Å². The van der Waals surface area contributed by atoms with Gasteiger partial charge in [-0.1, -0.05) is 24.3 Å². The van der Waals surface area contributed by atoms with Gasteiger partial charge in [0, 0.05) is 18.4 Å². The minimum Gasteiger partial charge on any atom is -0.390 e. The normalized spacial score (nSPS) is 11.7. The molecular formula is C13H16N2O3S. The summed E-state index contributed by atoms with van der Waals surface area (Å²) in [6, 6.07) is 9.02. The Bertz CT molecular complexity index is 662. The van der Waals surface area contributed by atoms with Gasteiger partial charge in [-0.15, -0.1) is 0 Å². The summed E-state index contributed by atoms with van der Waals surface area (Å²) in [6.45, 7) is 1.96. The molecule has 0 unspecified atom stereocenters. The van der Waals surface area contributed by atoms with Crippen molar-refractivity contribution in [1.29, 1.82) is 0 Å². The Balaban J connectivity index is 2.12. The molecule has 0 aliphatic heterocycles. The third-order valence-corrected chi connectivity index (χ3v) is 4.29. The fourth-order valence-electron chi connectivity index (χ4n) is 1.73. The van der Waals surface area contributed by atoms with Gasteiger partial charge in [-0.25, -0.2) is 13.1 Å². The van der Waals surface area contributed by atoms with Crippen LogP contribution in [-0.2, 0) is 23.2 Å². The highest BCUT2D eigenvalue weighted by molar-refractivity contribution is 7.89. The maximum absolute atomic E-state index is 12.0. The van der Waals surface area contributed by atoms with Crippen molar-refractivity contribution in [3.8, 4) is 0 Å². The number of rotatable bonds is 5. The molecule has 0 amide bonds. The van der Waals surface area contributed by atoms with Crippen LogP contribution in [-0.4, -0.2) is 18.5 Å². The minimum atomic E-state index is -3.56. The first-order valence-corrected chi connectivity index (χ1v) is 7.33. The molecule has 0 fully saturated rings. The molecule has 6 heteroatoms. The van der Waals surface area contributed by atoms with Crippen molar-refractivity contribution < 1.29 is 13.5 Å². The second kappa shape index (κ2) is 5.56. The van der Waals surface area contributed by atoms with E-state index in [1.54, 1.807) is 0 Å². The molecule has 1 aromatic carbocycles. The van der Waals surface area contributed by atoms with Crippen LogP contribution < -0.4 is 4.72 Å². The number of H-pyrrole nitrogens is 1. The molecule has 0 aliphatic carbocycles. The lowest BCUT2D eigenvalue weighted by Crippen LogP contribution is -2.23. The van der Waals surface area contributed by atoms with E-state index < -0.39 is 10.0 Å². The molecule has 2 rings (SSSR count). The summed E-state index contributed by atoms with van der Waals surface area (Å²) in [5, 5.41) is 8.91. The Kier molecular flexibility index (Phi) is 4.04. The quantitative estimate of drug-likeness (QED) is 0.772. The van der Waals surface area contributed by atoms with Crippen LogP contribution in [0.15, 0.2) is 41.4 Å². The van der Waals surface area contributed by atoms with Crippen LogP contribution >= 0.6 is 0 Å². The van der Waals surface area contributed by atoms with Gasteiger partial charge < -0.3 is 10.1 Å². The van der Waals surface area contributed by atoms with E-state index >= 15 is 0 Å². The molecule has 0 saturated carbocycles. The number of aromatic nitrogens is 1. The molecule has 3 N–H and O–H groups in total. The van der Waals surface area contributed by atoms with Gasteiger partial charge in [-0.05, 0) is 24.1 Å². The molecule has 1 aromatic heterocycles. The molecule has 0 saturated heterocycles. The molecule has 0 aliphatic rings. The van der Waals surface area contributed by atoms with E-state index in [4.69, 9.17) is 5.11 Å². The predicted octanol–water partition coefficient (Wildman–Crippen LogP) is 1.29. The lowest BCUT2D eigenvalue weighted by molar-refractivity contribution is 0.277. The molecular weight excluding hydrogens is 264 g/mol. The third kappa shape index (κ3) is 3.23. The van der Waals surface area contributed by atoms with Crippen molar-refractivity contribution in [3.05, 3.63) is 53.3 Å². The molecule has 0 spiro atoms. The molecule has 5 nitrogen and oxygen atoms in total.